The van der Waals surface area contributed by atoms with Crippen molar-refractivity contribution in [3.8, 4) is 0 Å². The fraction of sp³-hybridized carbons (Fsp3) is 0.400. The minimum atomic E-state index is -4.31. The number of nitrogens with zero attached hydrogens (tertiary/aromatic N) is 1. The van der Waals surface area contributed by atoms with E-state index in [9.17, 15) is 13.2 Å². The van der Waals surface area contributed by atoms with E-state index in [4.69, 9.17) is 5.73 Å². The highest BCUT2D eigenvalue weighted by Crippen LogP contribution is 2.33. The molecular formula is C20H23F3N2. The number of hydrogen-bond acceptors (Lipinski definition) is 2. The largest absolute Gasteiger partial charge is 0.416 e. The van der Waals surface area contributed by atoms with E-state index in [1.807, 2.05) is 11.9 Å². The van der Waals surface area contributed by atoms with Crippen LogP contribution in [0.2, 0.25) is 0 Å². The van der Waals surface area contributed by atoms with Crippen LogP contribution in [0, 0.1) is 5.92 Å². The van der Waals surface area contributed by atoms with Crippen molar-refractivity contribution in [3.63, 3.8) is 0 Å². The average Bonchev–Trinajstić information content (AvgIpc) is 3.01. The number of likely N-dealkylation sites (N-methyl/N-ethyl adjacent to an activating group) is 1. The standard InChI is InChI=1S/C20H23F3N2/c1-25(18-8-6-17(7-9-18)20(21,22)23)19(13-24)12-14-10-15-4-2-3-5-16(15)11-14/h2-9,14,19H,10-13,24H2,1H3. The first kappa shape index (κ1) is 17.8. The first-order chi connectivity index (χ1) is 11.9. The Hall–Kier alpha value is -2.01. The maximum atomic E-state index is 12.7. The third-order valence-electron chi connectivity index (χ3n) is 5.16. The number of benzene rings is 2. The zero-order chi connectivity index (χ0) is 18.0. The van der Waals surface area contributed by atoms with E-state index in [-0.39, 0.29) is 6.04 Å². The van der Waals surface area contributed by atoms with Gasteiger partial charge in [-0.1, -0.05) is 24.3 Å². The molecular weight excluding hydrogens is 325 g/mol. The lowest BCUT2D eigenvalue weighted by Gasteiger charge is -2.31. The lowest BCUT2D eigenvalue weighted by molar-refractivity contribution is -0.137. The van der Waals surface area contributed by atoms with Gasteiger partial charge in [-0.3, -0.25) is 0 Å². The minimum absolute atomic E-state index is 0.107. The summed E-state index contributed by atoms with van der Waals surface area (Å²) in [7, 11) is 1.90. The van der Waals surface area contributed by atoms with E-state index in [1.165, 1.54) is 23.3 Å². The number of anilines is 1. The number of rotatable bonds is 5. The molecule has 1 atom stereocenters. The summed E-state index contributed by atoms with van der Waals surface area (Å²) in [6.07, 6.45) is -1.27. The summed E-state index contributed by atoms with van der Waals surface area (Å²) >= 11 is 0. The van der Waals surface area contributed by atoms with Crippen molar-refractivity contribution in [2.75, 3.05) is 18.5 Å². The van der Waals surface area contributed by atoms with E-state index < -0.39 is 11.7 Å². The zero-order valence-corrected chi connectivity index (χ0v) is 14.3. The van der Waals surface area contributed by atoms with Crippen LogP contribution >= 0.6 is 0 Å². The summed E-state index contributed by atoms with van der Waals surface area (Å²) in [6.45, 7) is 0.477. The Kier molecular flexibility index (Phi) is 5.04. The molecule has 2 aromatic carbocycles. The van der Waals surface area contributed by atoms with E-state index in [2.05, 4.69) is 24.3 Å². The molecule has 0 saturated carbocycles. The Morgan fingerprint density at radius 1 is 1.04 bits per heavy atom. The van der Waals surface area contributed by atoms with Gasteiger partial charge in [0.1, 0.15) is 0 Å². The van der Waals surface area contributed by atoms with Crippen LogP contribution in [0.15, 0.2) is 48.5 Å². The van der Waals surface area contributed by atoms with Crippen LogP contribution < -0.4 is 10.6 Å². The monoisotopic (exact) mass is 348 g/mol. The lowest BCUT2D eigenvalue weighted by Crippen LogP contribution is -2.39. The van der Waals surface area contributed by atoms with Crippen molar-refractivity contribution in [3.05, 3.63) is 65.2 Å². The average molecular weight is 348 g/mol. The Bertz CT molecular complexity index is 685. The molecule has 1 aliphatic carbocycles. The number of alkyl halides is 3. The molecule has 2 nitrogen and oxygen atoms in total. The summed E-state index contributed by atoms with van der Waals surface area (Å²) in [6, 6.07) is 13.9. The Morgan fingerprint density at radius 3 is 2.08 bits per heavy atom. The molecule has 0 saturated heterocycles. The second-order valence-corrected chi connectivity index (χ2v) is 6.82. The van der Waals surface area contributed by atoms with Gasteiger partial charge in [0.2, 0.25) is 0 Å². The number of hydrogen-bond donors (Lipinski definition) is 1. The van der Waals surface area contributed by atoms with Gasteiger partial charge >= 0.3 is 6.18 Å². The van der Waals surface area contributed by atoms with Crippen LogP contribution in [0.4, 0.5) is 18.9 Å². The highest BCUT2D eigenvalue weighted by Gasteiger charge is 2.30. The molecule has 0 amide bonds. The third kappa shape index (κ3) is 3.98. The summed E-state index contributed by atoms with van der Waals surface area (Å²) in [5, 5.41) is 0. The van der Waals surface area contributed by atoms with Gasteiger partial charge in [-0.05, 0) is 60.6 Å². The molecule has 1 unspecified atom stereocenters. The zero-order valence-electron chi connectivity index (χ0n) is 14.3. The molecule has 25 heavy (non-hydrogen) atoms. The summed E-state index contributed by atoms with van der Waals surface area (Å²) < 4.78 is 38.1. The topological polar surface area (TPSA) is 29.3 Å². The van der Waals surface area contributed by atoms with Gasteiger partial charge < -0.3 is 10.6 Å². The Balaban J connectivity index is 1.67. The van der Waals surface area contributed by atoms with E-state index in [1.54, 1.807) is 0 Å². The molecule has 134 valence electrons. The van der Waals surface area contributed by atoms with Gasteiger partial charge in [0.05, 0.1) is 5.56 Å². The van der Waals surface area contributed by atoms with Gasteiger partial charge in [0.15, 0.2) is 0 Å². The molecule has 0 aliphatic heterocycles. The van der Waals surface area contributed by atoms with Gasteiger partial charge in [0, 0.05) is 25.3 Å². The first-order valence-electron chi connectivity index (χ1n) is 8.55. The Morgan fingerprint density at radius 2 is 1.60 bits per heavy atom. The second kappa shape index (κ2) is 7.08. The molecule has 0 bridgehead atoms. The molecule has 0 aromatic heterocycles. The normalized spacial score (nSPS) is 15.9. The van der Waals surface area contributed by atoms with E-state index in [0.717, 1.165) is 37.1 Å². The number of fused-ring (bicyclic) bond motifs is 1. The van der Waals surface area contributed by atoms with Crippen molar-refractivity contribution in [2.24, 2.45) is 11.7 Å². The van der Waals surface area contributed by atoms with Crippen LogP contribution in [0.1, 0.15) is 23.1 Å². The molecule has 2 N–H and O–H groups in total. The van der Waals surface area contributed by atoms with Gasteiger partial charge in [-0.15, -0.1) is 0 Å². The highest BCUT2D eigenvalue weighted by atomic mass is 19.4. The van der Waals surface area contributed by atoms with E-state index in [0.29, 0.717) is 12.5 Å². The molecule has 0 fully saturated rings. The molecule has 0 spiro atoms. The van der Waals surface area contributed by atoms with Crippen molar-refractivity contribution >= 4 is 5.69 Å². The van der Waals surface area contributed by atoms with Crippen molar-refractivity contribution < 1.29 is 13.2 Å². The van der Waals surface area contributed by atoms with Crippen molar-refractivity contribution in [1.29, 1.82) is 0 Å². The third-order valence-corrected chi connectivity index (χ3v) is 5.16. The summed E-state index contributed by atoms with van der Waals surface area (Å²) in [4.78, 5) is 2.00. The van der Waals surface area contributed by atoms with E-state index >= 15 is 0 Å². The van der Waals surface area contributed by atoms with Crippen LogP contribution in [-0.2, 0) is 19.0 Å². The molecule has 0 heterocycles. The minimum Gasteiger partial charge on any atom is -0.370 e. The number of halogens is 3. The summed E-state index contributed by atoms with van der Waals surface area (Å²) in [5.74, 6) is 0.530. The van der Waals surface area contributed by atoms with Gasteiger partial charge in [0.25, 0.3) is 0 Å². The number of nitrogens with two attached hydrogens (primary N) is 1. The fourth-order valence-corrected chi connectivity index (χ4v) is 3.71. The molecule has 2 aromatic rings. The van der Waals surface area contributed by atoms with Gasteiger partial charge in [-0.2, -0.15) is 13.2 Å². The van der Waals surface area contributed by atoms with Crippen LogP contribution in [0.5, 0.6) is 0 Å². The molecule has 0 radical (unpaired) electrons. The molecule has 5 heteroatoms. The Labute approximate surface area is 146 Å². The smallest absolute Gasteiger partial charge is 0.370 e. The fourth-order valence-electron chi connectivity index (χ4n) is 3.71. The predicted octanol–water partition coefficient (Wildman–Crippen LogP) is 4.27. The molecule has 3 rings (SSSR count). The lowest BCUT2D eigenvalue weighted by atomic mass is 9.96. The summed E-state index contributed by atoms with van der Waals surface area (Å²) in [5.41, 5.74) is 8.92. The maximum absolute atomic E-state index is 12.7. The highest BCUT2D eigenvalue weighted by molar-refractivity contribution is 5.48. The van der Waals surface area contributed by atoms with Gasteiger partial charge in [-0.25, -0.2) is 0 Å². The SMILES string of the molecule is CN(c1ccc(C(F)(F)F)cc1)C(CN)CC1Cc2ccccc2C1. The van der Waals surface area contributed by atoms with Crippen LogP contribution in [0.3, 0.4) is 0 Å². The second-order valence-electron chi connectivity index (χ2n) is 6.82. The quantitative estimate of drug-likeness (QED) is 0.874. The van der Waals surface area contributed by atoms with Crippen LogP contribution in [0.25, 0.3) is 0 Å². The van der Waals surface area contributed by atoms with Crippen molar-refractivity contribution in [1.82, 2.24) is 0 Å². The maximum Gasteiger partial charge on any atom is 0.416 e. The molecule has 1 aliphatic rings. The predicted molar refractivity (Wildman–Crippen MR) is 94.6 cm³/mol. The van der Waals surface area contributed by atoms with Crippen LogP contribution in [-0.4, -0.2) is 19.6 Å². The van der Waals surface area contributed by atoms with Crippen molar-refractivity contribution in [2.45, 2.75) is 31.5 Å². The first-order valence-corrected chi connectivity index (χ1v) is 8.55.